The minimum Gasteiger partial charge on any atom is -0.494 e. The number of hydrogen-bond acceptors (Lipinski definition) is 2. The summed E-state index contributed by atoms with van der Waals surface area (Å²) in [4.78, 5) is 4.20. The predicted molar refractivity (Wildman–Crippen MR) is 80.5 cm³/mol. The summed E-state index contributed by atoms with van der Waals surface area (Å²) in [6.45, 7) is 2.76. The van der Waals surface area contributed by atoms with Gasteiger partial charge in [0.25, 0.3) is 0 Å². The first-order valence-electron chi connectivity index (χ1n) is 5.86. The van der Waals surface area contributed by atoms with Crippen LogP contribution in [-0.4, -0.2) is 11.6 Å². The van der Waals surface area contributed by atoms with Gasteiger partial charge in [0.15, 0.2) is 0 Å². The van der Waals surface area contributed by atoms with Gasteiger partial charge < -0.3 is 4.74 Å². The van der Waals surface area contributed by atoms with E-state index >= 15 is 0 Å². The third-order valence-electron chi connectivity index (χ3n) is 2.49. The Morgan fingerprint density at radius 3 is 2.37 bits per heavy atom. The molecular weight excluding hydrogens is 305 g/mol. The molecule has 0 bridgehead atoms. The van der Waals surface area contributed by atoms with E-state index in [9.17, 15) is 0 Å². The molecule has 1 aromatic carbocycles. The smallest absolute Gasteiger partial charge is 0.148 e. The molecule has 0 fully saturated rings. The van der Waals surface area contributed by atoms with Crippen LogP contribution in [0.15, 0.2) is 30.3 Å². The molecule has 0 N–H and O–H groups in total. The average molecular weight is 317 g/mol. The molecule has 0 aliphatic rings. The van der Waals surface area contributed by atoms with Crippen molar-refractivity contribution in [2.45, 2.75) is 13.3 Å². The van der Waals surface area contributed by atoms with Crippen molar-refractivity contribution in [1.29, 1.82) is 0 Å². The minimum absolute atomic E-state index is 0.243. The highest BCUT2D eigenvalue weighted by Gasteiger charge is 2.10. The quantitative estimate of drug-likeness (QED) is 0.695. The second-order valence-corrected chi connectivity index (χ2v) is 5.14. The second-order valence-electron chi connectivity index (χ2n) is 3.96. The molecule has 0 unspecified atom stereocenters. The Morgan fingerprint density at radius 2 is 1.74 bits per heavy atom. The van der Waals surface area contributed by atoms with Crippen molar-refractivity contribution >= 4 is 34.8 Å². The van der Waals surface area contributed by atoms with E-state index in [2.05, 4.69) is 11.9 Å². The van der Waals surface area contributed by atoms with Gasteiger partial charge in [-0.3, -0.25) is 0 Å². The van der Waals surface area contributed by atoms with Gasteiger partial charge in [0.05, 0.1) is 22.3 Å². The molecule has 0 radical (unpaired) electrons. The van der Waals surface area contributed by atoms with E-state index in [1.165, 1.54) is 0 Å². The Balaban J connectivity index is 2.29. The Kier molecular flexibility index (Phi) is 4.92. The van der Waals surface area contributed by atoms with Crippen LogP contribution in [0.5, 0.6) is 5.75 Å². The first-order chi connectivity index (χ1) is 9.11. The average Bonchev–Trinajstić information content (AvgIpc) is 2.41. The molecule has 2 aromatic rings. The standard InChI is InChI=1S/C14H12Cl3NO/c1-2-7-19-10-5-3-9(4-6-10)13-11(15)8-12(16)14(17)18-13/h3-6,8H,2,7H2,1H3. The summed E-state index contributed by atoms with van der Waals surface area (Å²) in [5.41, 5.74) is 1.48. The lowest BCUT2D eigenvalue weighted by molar-refractivity contribution is 0.317. The predicted octanol–water partition coefficient (Wildman–Crippen LogP) is 5.50. The van der Waals surface area contributed by atoms with E-state index in [4.69, 9.17) is 39.5 Å². The van der Waals surface area contributed by atoms with Crippen molar-refractivity contribution in [2.24, 2.45) is 0 Å². The summed E-state index contributed by atoms with van der Waals surface area (Å²) in [5.74, 6) is 0.821. The normalized spacial score (nSPS) is 10.5. The molecule has 0 spiro atoms. The molecule has 100 valence electrons. The van der Waals surface area contributed by atoms with Gasteiger partial charge in [-0.2, -0.15) is 0 Å². The first kappa shape index (κ1) is 14.4. The first-order valence-corrected chi connectivity index (χ1v) is 7.00. The van der Waals surface area contributed by atoms with Crippen LogP contribution in [0, 0.1) is 0 Å². The van der Waals surface area contributed by atoms with Crippen molar-refractivity contribution in [3.8, 4) is 17.0 Å². The molecule has 0 saturated carbocycles. The van der Waals surface area contributed by atoms with E-state index in [1.807, 2.05) is 24.3 Å². The largest absolute Gasteiger partial charge is 0.494 e. The van der Waals surface area contributed by atoms with Crippen LogP contribution >= 0.6 is 34.8 Å². The monoisotopic (exact) mass is 315 g/mol. The highest BCUT2D eigenvalue weighted by Crippen LogP contribution is 2.32. The van der Waals surface area contributed by atoms with Gasteiger partial charge in [0.1, 0.15) is 10.9 Å². The van der Waals surface area contributed by atoms with Gasteiger partial charge >= 0.3 is 0 Å². The molecule has 1 aromatic heterocycles. The summed E-state index contributed by atoms with van der Waals surface area (Å²) < 4.78 is 5.52. The SMILES string of the molecule is CCCOc1ccc(-c2nc(Cl)c(Cl)cc2Cl)cc1. The summed E-state index contributed by atoms with van der Waals surface area (Å²) in [6.07, 6.45) is 0.974. The van der Waals surface area contributed by atoms with E-state index in [0.29, 0.717) is 22.3 Å². The summed E-state index contributed by atoms with van der Waals surface area (Å²) in [6, 6.07) is 9.14. The molecule has 2 nitrogen and oxygen atoms in total. The summed E-state index contributed by atoms with van der Waals surface area (Å²) in [7, 11) is 0. The summed E-state index contributed by atoms with van der Waals surface area (Å²) >= 11 is 17.9. The number of benzene rings is 1. The number of aromatic nitrogens is 1. The van der Waals surface area contributed by atoms with Gasteiger partial charge in [-0.05, 0) is 36.8 Å². The van der Waals surface area contributed by atoms with Crippen LogP contribution in [0.3, 0.4) is 0 Å². The molecule has 1 heterocycles. The number of nitrogens with zero attached hydrogens (tertiary/aromatic N) is 1. The van der Waals surface area contributed by atoms with E-state index in [0.717, 1.165) is 17.7 Å². The van der Waals surface area contributed by atoms with Crippen molar-refractivity contribution < 1.29 is 4.74 Å². The lowest BCUT2D eigenvalue weighted by Crippen LogP contribution is -1.94. The zero-order chi connectivity index (χ0) is 13.8. The van der Waals surface area contributed by atoms with Gasteiger partial charge in [0.2, 0.25) is 0 Å². The van der Waals surface area contributed by atoms with Crippen LogP contribution in [0.2, 0.25) is 15.2 Å². The highest BCUT2D eigenvalue weighted by atomic mass is 35.5. The Labute approximate surface area is 127 Å². The molecule has 0 aliphatic carbocycles. The van der Waals surface area contributed by atoms with Gasteiger partial charge in [0, 0.05) is 5.56 Å². The molecule has 5 heteroatoms. The fourth-order valence-corrected chi connectivity index (χ4v) is 2.18. The molecule has 0 atom stereocenters. The van der Waals surface area contributed by atoms with Crippen LogP contribution < -0.4 is 4.74 Å². The maximum absolute atomic E-state index is 6.12. The second kappa shape index (κ2) is 6.47. The van der Waals surface area contributed by atoms with E-state index in [1.54, 1.807) is 6.07 Å². The summed E-state index contributed by atoms with van der Waals surface area (Å²) in [5, 5.41) is 1.06. The van der Waals surface area contributed by atoms with Crippen LogP contribution in [-0.2, 0) is 0 Å². The maximum Gasteiger partial charge on any atom is 0.148 e. The van der Waals surface area contributed by atoms with Crippen molar-refractivity contribution in [3.63, 3.8) is 0 Å². The van der Waals surface area contributed by atoms with Crippen LogP contribution in [0.4, 0.5) is 0 Å². The topological polar surface area (TPSA) is 22.1 Å². The molecule has 0 saturated heterocycles. The van der Waals surface area contributed by atoms with Crippen molar-refractivity contribution in [3.05, 3.63) is 45.5 Å². The third-order valence-corrected chi connectivity index (χ3v) is 3.45. The molecule has 19 heavy (non-hydrogen) atoms. The number of ether oxygens (including phenoxy) is 1. The molecule has 2 rings (SSSR count). The molecular formula is C14H12Cl3NO. The molecule has 0 aliphatic heterocycles. The lowest BCUT2D eigenvalue weighted by Gasteiger charge is -2.08. The van der Waals surface area contributed by atoms with Crippen molar-refractivity contribution in [2.75, 3.05) is 6.61 Å². The zero-order valence-electron chi connectivity index (χ0n) is 10.3. The zero-order valence-corrected chi connectivity index (χ0v) is 12.6. The number of hydrogen-bond donors (Lipinski definition) is 0. The van der Waals surface area contributed by atoms with Gasteiger partial charge in [-0.15, -0.1) is 0 Å². The molecule has 0 amide bonds. The maximum atomic E-state index is 6.12. The fourth-order valence-electron chi connectivity index (χ4n) is 1.58. The van der Waals surface area contributed by atoms with E-state index in [-0.39, 0.29) is 5.15 Å². The van der Waals surface area contributed by atoms with Crippen molar-refractivity contribution in [1.82, 2.24) is 4.98 Å². The highest BCUT2D eigenvalue weighted by molar-refractivity contribution is 6.42. The number of pyridine rings is 1. The van der Waals surface area contributed by atoms with Gasteiger partial charge in [-0.25, -0.2) is 4.98 Å². The Hall–Kier alpha value is -0.960. The number of halogens is 3. The van der Waals surface area contributed by atoms with Gasteiger partial charge in [-0.1, -0.05) is 41.7 Å². The minimum atomic E-state index is 0.243. The Morgan fingerprint density at radius 1 is 1.05 bits per heavy atom. The van der Waals surface area contributed by atoms with Crippen LogP contribution in [0.1, 0.15) is 13.3 Å². The van der Waals surface area contributed by atoms with E-state index < -0.39 is 0 Å². The lowest BCUT2D eigenvalue weighted by atomic mass is 10.1. The third kappa shape index (κ3) is 3.53. The fraction of sp³-hybridized carbons (Fsp3) is 0.214. The Bertz CT molecular complexity index is 570. The number of rotatable bonds is 4. The van der Waals surface area contributed by atoms with Crippen LogP contribution in [0.25, 0.3) is 11.3 Å².